The van der Waals surface area contributed by atoms with Crippen LogP contribution in [-0.2, 0) is 0 Å². The van der Waals surface area contributed by atoms with E-state index in [1.807, 2.05) is 12.1 Å². The largest absolute Gasteiger partial charge is 0.356 e. The molecule has 0 spiro atoms. The average molecular weight is 337 g/mol. The van der Waals surface area contributed by atoms with Crippen LogP contribution in [0.1, 0.15) is 19.8 Å². The van der Waals surface area contributed by atoms with E-state index in [4.69, 9.17) is 23.2 Å². The highest BCUT2D eigenvalue weighted by molar-refractivity contribution is 6.42. The van der Waals surface area contributed by atoms with Crippen LogP contribution >= 0.6 is 23.2 Å². The van der Waals surface area contributed by atoms with Crippen LogP contribution in [0.15, 0.2) is 30.6 Å². The van der Waals surface area contributed by atoms with Crippen molar-refractivity contribution in [2.24, 2.45) is 5.92 Å². The molecule has 116 valence electrons. The first-order valence-corrected chi connectivity index (χ1v) is 8.16. The number of anilines is 3. The summed E-state index contributed by atoms with van der Waals surface area (Å²) in [6, 6.07) is 7.40. The fraction of sp³-hybridized carbons (Fsp3) is 0.375. The van der Waals surface area contributed by atoms with E-state index in [9.17, 15) is 0 Å². The number of aromatic nitrogens is 2. The molecule has 4 nitrogen and oxygen atoms in total. The van der Waals surface area contributed by atoms with Crippen LogP contribution in [0, 0.1) is 5.92 Å². The number of hydrogen-bond donors (Lipinski definition) is 1. The molecular weight excluding hydrogens is 319 g/mol. The van der Waals surface area contributed by atoms with Crippen molar-refractivity contribution in [3.05, 3.63) is 40.6 Å². The fourth-order valence-corrected chi connectivity index (χ4v) is 3.01. The first kappa shape index (κ1) is 15.4. The zero-order valence-electron chi connectivity index (χ0n) is 12.4. The van der Waals surface area contributed by atoms with Crippen molar-refractivity contribution in [2.75, 3.05) is 23.3 Å². The molecule has 6 heteroatoms. The molecule has 0 amide bonds. The molecule has 0 radical (unpaired) electrons. The van der Waals surface area contributed by atoms with Gasteiger partial charge >= 0.3 is 0 Å². The maximum absolute atomic E-state index is 6.04. The number of rotatable bonds is 3. The molecule has 1 fully saturated rings. The lowest BCUT2D eigenvalue weighted by atomic mass is 10.0. The Morgan fingerprint density at radius 3 is 2.82 bits per heavy atom. The third-order valence-corrected chi connectivity index (χ3v) is 4.56. The van der Waals surface area contributed by atoms with Crippen molar-refractivity contribution >= 4 is 40.5 Å². The first-order valence-electron chi connectivity index (χ1n) is 7.41. The molecule has 1 aliphatic rings. The van der Waals surface area contributed by atoms with Crippen LogP contribution in [0.4, 0.5) is 17.3 Å². The molecule has 1 aliphatic heterocycles. The maximum atomic E-state index is 6.04. The molecule has 1 N–H and O–H groups in total. The zero-order chi connectivity index (χ0) is 15.5. The van der Waals surface area contributed by atoms with E-state index in [0.717, 1.165) is 30.4 Å². The summed E-state index contributed by atoms with van der Waals surface area (Å²) in [7, 11) is 0. The second-order valence-electron chi connectivity index (χ2n) is 5.71. The zero-order valence-corrected chi connectivity index (χ0v) is 13.9. The molecule has 1 saturated heterocycles. The van der Waals surface area contributed by atoms with Gasteiger partial charge in [-0.05, 0) is 37.0 Å². The van der Waals surface area contributed by atoms with Gasteiger partial charge in [0.2, 0.25) is 0 Å². The fourth-order valence-electron chi connectivity index (χ4n) is 2.71. The summed E-state index contributed by atoms with van der Waals surface area (Å²) < 4.78 is 0. The number of nitrogens with one attached hydrogen (secondary N) is 1. The topological polar surface area (TPSA) is 41.0 Å². The molecule has 22 heavy (non-hydrogen) atoms. The summed E-state index contributed by atoms with van der Waals surface area (Å²) >= 11 is 12.0. The van der Waals surface area contributed by atoms with E-state index in [1.165, 1.54) is 12.8 Å². The van der Waals surface area contributed by atoms with Crippen molar-refractivity contribution in [3.63, 3.8) is 0 Å². The number of benzene rings is 1. The molecule has 3 rings (SSSR count). The van der Waals surface area contributed by atoms with Crippen LogP contribution in [0.5, 0.6) is 0 Å². The Morgan fingerprint density at radius 2 is 2.05 bits per heavy atom. The normalized spacial score (nSPS) is 18.3. The number of hydrogen-bond acceptors (Lipinski definition) is 4. The third-order valence-electron chi connectivity index (χ3n) is 3.83. The van der Waals surface area contributed by atoms with Crippen LogP contribution < -0.4 is 10.2 Å². The minimum absolute atomic E-state index is 0.519. The molecule has 0 aliphatic carbocycles. The highest BCUT2D eigenvalue weighted by Crippen LogP contribution is 2.27. The Labute approximate surface area is 140 Å². The van der Waals surface area contributed by atoms with Gasteiger partial charge in [-0.15, -0.1) is 0 Å². The van der Waals surface area contributed by atoms with Gasteiger partial charge in [0, 0.05) is 24.8 Å². The SMILES string of the molecule is CC1CCCN(c2cc(Nc3ccc(Cl)c(Cl)c3)ncn2)C1. The minimum atomic E-state index is 0.519. The summed E-state index contributed by atoms with van der Waals surface area (Å²) in [6.45, 7) is 4.37. The van der Waals surface area contributed by atoms with Gasteiger partial charge in [-0.3, -0.25) is 0 Å². The van der Waals surface area contributed by atoms with E-state index in [2.05, 4.69) is 27.1 Å². The Kier molecular flexibility index (Phi) is 4.69. The van der Waals surface area contributed by atoms with E-state index < -0.39 is 0 Å². The Bertz CT molecular complexity index is 662. The van der Waals surface area contributed by atoms with Crippen LogP contribution in [-0.4, -0.2) is 23.1 Å². The second kappa shape index (κ2) is 6.71. The molecule has 1 atom stereocenters. The highest BCUT2D eigenvalue weighted by Gasteiger charge is 2.17. The smallest absolute Gasteiger partial charge is 0.135 e. The van der Waals surface area contributed by atoms with Gasteiger partial charge in [0.05, 0.1) is 10.0 Å². The van der Waals surface area contributed by atoms with Crippen molar-refractivity contribution < 1.29 is 0 Å². The van der Waals surface area contributed by atoms with Gasteiger partial charge in [0.25, 0.3) is 0 Å². The minimum Gasteiger partial charge on any atom is -0.356 e. The Morgan fingerprint density at radius 1 is 1.18 bits per heavy atom. The van der Waals surface area contributed by atoms with Gasteiger partial charge in [-0.2, -0.15) is 0 Å². The van der Waals surface area contributed by atoms with Gasteiger partial charge < -0.3 is 10.2 Å². The van der Waals surface area contributed by atoms with Crippen molar-refractivity contribution in [1.29, 1.82) is 0 Å². The second-order valence-corrected chi connectivity index (χ2v) is 6.52. The summed E-state index contributed by atoms with van der Waals surface area (Å²) in [5.41, 5.74) is 0.853. The van der Waals surface area contributed by atoms with E-state index >= 15 is 0 Å². The van der Waals surface area contributed by atoms with Gasteiger partial charge in [0.15, 0.2) is 0 Å². The average Bonchev–Trinajstić information content (AvgIpc) is 2.51. The summed E-state index contributed by atoms with van der Waals surface area (Å²) in [6.07, 6.45) is 4.09. The summed E-state index contributed by atoms with van der Waals surface area (Å²) in [4.78, 5) is 11.0. The standard InChI is InChI=1S/C16H18Cl2N4/c1-11-3-2-6-22(9-11)16-8-15(19-10-20-16)21-12-4-5-13(17)14(18)7-12/h4-5,7-8,10-11H,2-3,6,9H2,1H3,(H,19,20,21). The highest BCUT2D eigenvalue weighted by atomic mass is 35.5. The number of halogens is 2. The predicted octanol–water partition coefficient (Wildman–Crippen LogP) is 4.76. The molecule has 2 aromatic rings. The number of piperidine rings is 1. The molecule has 0 saturated carbocycles. The monoisotopic (exact) mass is 336 g/mol. The molecule has 0 bridgehead atoms. The Balaban J connectivity index is 1.77. The Hall–Kier alpha value is -1.52. The van der Waals surface area contributed by atoms with Gasteiger partial charge in [-0.25, -0.2) is 9.97 Å². The lowest BCUT2D eigenvalue weighted by molar-refractivity contribution is 0.444. The van der Waals surface area contributed by atoms with E-state index in [-0.39, 0.29) is 0 Å². The first-order chi connectivity index (χ1) is 10.6. The predicted molar refractivity (Wildman–Crippen MR) is 92.4 cm³/mol. The molecule has 2 heterocycles. The quantitative estimate of drug-likeness (QED) is 0.876. The van der Waals surface area contributed by atoms with Crippen molar-refractivity contribution in [1.82, 2.24) is 9.97 Å². The van der Waals surface area contributed by atoms with Crippen LogP contribution in [0.3, 0.4) is 0 Å². The molecular formula is C16H18Cl2N4. The molecule has 1 aromatic heterocycles. The van der Waals surface area contributed by atoms with E-state index in [0.29, 0.717) is 16.0 Å². The van der Waals surface area contributed by atoms with Crippen LogP contribution in [0.25, 0.3) is 0 Å². The van der Waals surface area contributed by atoms with Gasteiger partial charge in [-0.1, -0.05) is 30.1 Å². The van der Waals surface area contributed by atoms with Crippen LogP contribution in [0.2, 0.25) is 10.0 Å². The molecule has 1 unspecified atom stereocenters. The van der Waals surface area contributed by atoms with Crippen molar-refractivity contribution in [2.45, 2.75) is 19.8 Å². The summed E-state index contributed by atoms with van der Waals surface area (Å²) in [5, 5.41) is 4.30. The summed E-state index contributed by atoms with van der Waals surface area (Å²) in [5.74, 6) is 2.42. The molecule has 1 aromatic carbocycles. The van der Waals surface area contributed by atoms with Gasteiger partial charge in [0.1, 0.15) is 18.0 Å². The van der Waals surface area contributed by atoms with E-state index in [1.54, 1.807) is 18.5 Å². The maximum Gasteiger partial charge on any atom is 0.135 e. The number of nitrogens with zero attached hydrogens (tertiary/aromatic N) is 3. The third kappa shape index (κ3) is 3.62. The lowest BCUT2D eigenvalue weighted by Crippen LogP contribution is -2.34. The van der Waals surface area contributed by atoms with Crippen molar-refractivity contribution in [3.8, 4) is 0 Å². The lowest BCUT2D eigenvalue weighted by Gasteiger charge is -2.31.